The maximum atomic E-state index is 13.6. The average Bonchev–Trinajstić information content (AvgIpc) is 3.33. The number of halogens is 1. The van der Waals surface area contributed by atoms with Crippen LogP contribution >= 0.6 is 38.0 Å². The minimum Gasteiger partial charge on any atom is -0.390 e. The molecular formula is C28H37BrN4O4S2. The van der Waals surface area contributed by atoms with Gasteiger partial charge in [-0.15, -0.1) is 22.1 Å². The number of hydrogen-bond donors (Lipinski definition) is 6. The number of anilines is 2. The van der Waals surface area contributed by atoms with Crippen LogP contribution in [0.3, 0.4) is 0 Å². The standard InChI is InChI=1S/C28H37BrN4O4S2/c1-2-31-23-13-21(14-24(16-23)33-10-6-7-11-39(33,36)37)28(35)32-26(12-20-8-4-3-5-9-20)27(34)18-30-17-25-15-22(29)19-38-25/h3-5,8-9,13-16,19,26-27,30-31,34,36-37H,2,6-7,10-12,17-18H2,1H3,(H,32,35)/t26-,27+/m0/s1. The van der Waals surface area contributed by atoms with Crippen LogP contribution in [0.1, 0.15) is 40.6 Å². The van der Waals surface area contributed by atoms with E-state index in [1.165, 1.54) is 0 Å². The molecule has 11 heteroatoms. The summed E-state index contributed by atoms with van der Waals surface area (Å²) in [6.07, 6.45) is 1.24. The van der Waals surface area contributed by atoms with Gasteiger partial charge in [0, 0.05) is 52.2 Å². The molecule has 0 bridgehead atoms. The summed E-state index contributed by atoms with van der Waals surface area (Å²) in [4.78, 5) is 14.7. The maximum Gasteiger partial charge on any atom is 0.251 e. The highest BCUT2D eigenvalue weighted by Gasteiger charge is 2.28. The van der Waals surface area contributed by atoms with E-state index < -0.39 is 22.9 Å². The molecule has 2 atom stereocenters. The average molecular weight is 638 g/mol. The highest BCUT2D eigenvalue weighted by atomic mass is 79.9. The van der Waals surface area contributed by atoms with E-state index in [0.717, 1.165) is 33.4 Å². The predicted octanol–water partition coefficient (Wildman–Crippen LogP) is 5.70. The van der Waals surface area contributed by atoms with Crippen molar-refractivity contribution in [3.8, 4) is 0 Å². The molecule has 1 fully saturated rings. The second-order valence-electron chi connectivity index (χ2n) is 9.64. The minimum absolute atomic E-state index is 0.310. The summed E-state index contributed by atoms with van der Waals surface area (Å²) >= 11 is 5.10. The summed E-state index contributed by atoms with van der Waals surface area (Å²) in [7, 11) is -2.94. The van der Waals surface area contributed by atoms with Gasteiger partial charge in [0.05, 0.1) is 23.6 Å². The SMILES string of the molecule is CCNc1cc(C(=O)N[C@@H](Cc2ccccc2)[C@H](O)CNCc2cc(Br)cs2)cc(N2CCCCS2(O)O)c1. The zero-order valence-corrected chi connectivity index (χ0v) is 25.2. The number of nitrogens with zero attached hydrogens (tertiary/aromatic N) is 1. The van der Waals surface area contributed by atoms with Crippen molar-refractivity contribution in [3.05, 3.63) is 80.5 Å². The molecule has 2 aromatic carbocycles. The molecule has 4 rings (SSSR count). The monoisotopic (exact) mass is 636 g/mol. The van der Waals surface area contributed by atoms with Gasteiger partial charge in [0.1, 0.15) is 0 Å². The summed E-state index contributed by atoms with van der Waals surface area (Å²) in [5.74, 6) is -0.00700. The molecule has 0 spiro atoms. The van der Waals surface area contributed by atoms with E-state index >= 15 is 0 Å². The van der Waals surface area contributed by atoms with E-state index in [4.69, 9.17) is 0 Å². The Bertz CT molecular complexity index is 1230. The second-order valence-corrected chi connectivity index (χ2v) is 13.7. The van der Waals surface area contributed by atoms with Crippen molar-refractivity contribution in [2.75, 3.05) is 35.0 Å². The zero-order chi connectivity index (χ0) is 27.8. The smallest absolute Gasteiger partial charge is 0.251 e. The second kappa shape index (κ2) is 14.0. The minimum atomic E-state index is -2.94. The summed E-state index contributed by atoms with van der Waals surface area (Å²) in [5.41, 5.74) is 2.73. The number of rotatable bonds is 12. The summed E-state index contributed by atoms with van der Waals surface area (Å²) in [5, 5.41) is 22.8. The third-order valence-electron chi connectivity index (χ3n) is 6.59. The van der Waals surface area contributed by atoms with Gasteiger partial charge < -0.3 is 21.1 Å². The summed E-state index contributed by atoms with van der Waals surface area (Å²) in [6.45, 7) is 4.07. The van der Waals surface area contributed by atoms with E-state index in [-0.39, 0.29) is 5.91 Å². The lowest BCUT2D eigenvalue weighted by molar-refractivity contribution is 0.0830. The molecule has 0 radical (unpaired) electrons. The first-order valence-electron chi connectivity index (χ1n) is 13.1. The Balaban J connectivity index is 1.53. The molecule has 1 aliphatic rings. The van der Waals surface area contributed by atoms with Gasteiger partial charge in [-0.3, -0.25) is 18.2 Å². The largest absolute Gasteiger partial charge is 0.390 e. The molecule has 39 heavy (non-hydrogen) atoms. The van der Waals surface area contributed by atoms with Gasteiger partial charge in [0.15, 0.2) is 0 Å². The van der Waals surface area contributed by atoms with E-state index in [1.807, 2.05) is 54.8 Å². The van der Waals surface area contributed by atoms with Crippen LogP contribution in [-0.2, 0) is 13.0 Å². The number of carbonyl (C=O) groups excluding carboxylic acids is 1. The van der Waals surface area contributed by atoms with Crippen LogP contribution < -0.4 is 20.3 Å². The fourth-order valence-electron chi connectivity index (χ4n) is 4.63. The van der Waals surface area contributed by atoms with E-state index in [9.17, 15) is 19.0 Å². The Kier molecular flexibility index (Phi) is 10.7. The first-order chi connectivity index (χ1) is 18.7. The van der Waals surface area contributed by atoms with Gasteiger partial charge in [-0.05, 0) is 71.9 Å². The lowest BCUT2D eigenvalue weighted by Crippen LogP contribution is -2.48. The molecule has 1 amide bonds. The van der Waals surface area contributed by atoms with Crippen molar-refractivity contribution in [2.24, 2.45) is 0 Å². The van der Waals surface area contributed by atoms with Gasteiger partial charge >= 0.3 is 0 Å². The Labute approximate surface area is 244 Å². The van der Waals surface area contributed by atoms with Gasteiger partial charge in [0.25, 0.3) is 5.91 Å². The van der Waals surface area contributed by atoms with Crippen LogP contribution in [0.15, 0.2) is 64.5 Å². The van der Waals surface area contributed by atoms with Crippen LogP contribution in [-0.4, -0.2) is 57.7 Å². The molecule has 6 N–H and O–H groups in total. The molecule has 1 aromatic heterocycles. The number of carbonyl (C=O) groups is 1. The first-order valence-corrected chi connectivity index (χ1v) is 16.5. The fraction of sp³-hybridized carbons (Fsp3) is 0.393. The zero-order valence-electron chi connectivity index (χ0n) is 22.0. The summed E-state index contributed by atoms with van der Waals surface area (Å²) in [6, 6.07) is 16.6. The van der Waals surface area contributed by atoms with E-state index in [1.54, 1.807) is 27.8 Å². The Morgan fingerprint density at radius 3 is 2.64 bits per heavy atom. The van der Waals surface area contributed by atoms with E-state index in [0.29, 0.717) is 49.6 Å². The molecule has 1 saturated heterocycles. The molecule has 3 aromatic rings. The van der Waals surface area contributed by atoms with Gasteiger partial charge in [-0.1, -0.05) is 30.3 Å². The number of nitrogens with one attached hydrogen (secondary N) is 3. The van der Waals surface area contributed by atoms with Gasteiger partial charge in [-0.2, -0.15) is 0 Å². The van der Waals surface area contributed by atoms with Crippen molar-refractivity contribution >= 4 is 55.3 Å². The molecule has 0 unspecified atom stereocenters. The topological polar surface area (TPSA) is 117 Å². The van der Waals surface area contributed by atoms with Crippen LogP contribution in [0, 0.1) is 0 Å². The molecule has 1 aliphatic heterocycles. The number of amides is 1. The molecular weight excluding hydrogens is 600 g/mol. The third-order valence-corrected chi connectivity index (χ3v) is 10.2. The lowest BCUT2D eigenvalue weighted by Gasteiger charge is -2.47. The highest BCUT2D eigenvalue weighted by Crippen LogP contribution is 2.50. The number of hydrogen-bond acceptors (Lipinski definition) is 8. The molecule has 0 saturated carbocycles. The quantitative estimate of drug-likeness (QED) is 0.151. The Morgan fingerprint density at radius 2 is 1.95 bits per heavy atom. The van der Waals surface area contributed by atoms with Gasteiger partial charge in [0.2, 0.25) is 0 Å². The van der Waals surface area contributed by atoms with Crippen molar-refractivity contribution in [1.82, 2.24) is 10.6 Å². The molecule has 8 nitrogen and oxygen atoms in total. The normalized spacial score (nSPS) is 17.3. The van der Waals surface area contributed by atoms with Gasteiger partial charge in [-0.25, -0.2) is 0 Å². The number of aliphatic hydroxyl groups is 1. The van der Waals surface area contributed by atoms with Crippen LogP contribution in [0.25, 0.3) is 0 Å². The van der Waals surface area contributed by atoms with E-state index in [2.05, 4.69) is 31.9 Å². The van der Waals surface area contributed by atoms with Crippen molar-refractivity contribution in [3.63, 3.8) is 0 Å². The molecule has 0 aliphatic carbocycles. The number of aliphatic hydroxyl groups excluding tert-OH is 1. The predicted molar refractivity (Wildman–Crippen MR) is 166 cm³/mol. The van der Waals surface area contributed by atoms with Crippen LogP contribution in [0.5, 0.6) is 0 Å². The van der Waals surface area contributed by atoms with Crippen LogP contribution in [0.2, 0.25) is 0 Å². The fourth-order valence-corrected chi connectivity index (χ4v) is 7.73. The number of benzene rings is 2. The highest BCUT2D eigenvalue weighted by molar-refractivity contribution is 9.10. The Morgan fingerprint density at radius 1 is 1.15 bits per heavy atom. The van der Waals surface area contributed by atoms with Crippen molar-refractivity contribution < 1.29 is 19.0 Å². The van der Waals surface area contributed by atoms with Crippen molar-refractivity contribution in [2.45, 2.75) is 44.9 Å². The Hall–Kier alpha value is -2.12. The summed E-state index contributed by atoms with van der Waals surface area (Å²) < 4.78 is 24.0. The third kappa shape index (κ3) is 8.43. The lowest BCUT2D eigenvalue weighted by atomic mass is 10.00. The number of thiophene rings is 1. The van der Waals surface area contributed by atoms with Crippen molar-refractivity contribution in [1.29, 1.82) is 0 Å². The maximum absolute atomic E-state index is 13.6. The molecule has 2 heterocycles. The first kappa shape index (κ1) is 29.9. The van der Waals surface area contributed by atoms with Crippen LogP contribution in [0.4, 0.5) is 11.4 Å². The molecule has 212 valence electrons.